The topological polar surface area (TPSA) is 71.8 Å². The van der Waals surface area contributed by atoms with E-state index in [9.17, 15) is 0 Å². The van der Waals surface area contributed by atoms with E-state index in [1.165, 1.54) is 11.5 Å². The summed E-state index contributed by atoms with van der Waals surface area (Å²) in [5.41, 5.74) is 6.96. The van der Waals surface area contributed by atoms with Crippen LogP contribution in [-0.4, -0.2) is 41.3 Å². The van der Waals surface area contributed by atoms with Crippen LogP contribution in [0.1, 0.15) is 30.1 Å². The summed E-state index contributed by atoms with van der Waals surface area (Å²) < 4.78 is 1.87. The smallest absolute Gasteiger partial charge is 0.186 e. The Labute approximate surface area is 171 Å². The fourth-order valence-corrected chi connectivity index (χ4v) is 5.45. The van der Waals surface area contributed by atoms with Crippen LogP contribution in [0.5, 0.6) is 0 Å². The van der Waals surface area contributed by atoms with Crippen LogP contribution in [-0.2, 0) is 0 Å². The Balaban J connectivity index is 1.61. The van der Waals surface area contributed by atoms with E-state index in [0.717, 1.165) is 62.9 Å². The molecule has 1 saturated heterocycles. The maximum Gasteiger partial charge on any atom is 0.186 e. The molecule has 0 radical (unpaired) electrons. The highest BCUT2D eigenvalue weighted by molar-refractivity contribution is 7.99. The molecule has 144 valence electrons. The van der Waals surface area contributed by atoms with Crippen molar-refractivity contribution in [2.45, 2.75) is 25.7 Å². The molecule has 7 heteroatoms. The molecule has 0 aliphatic carbocycles. The molecule has 1 aliphatic rings. The Kier molecular flexibility index (Phi) is 3.84. The van der Waals surface area contributed by atoms with Crippen LogP contribution in [0.4, 0.5) is 0 Å². The first-order chi connectivity index (χ1) is 14.3. The van der Waals surface area contributed by atoms with Crippen molar-refractivity contribution in [3.63, 3.8) is 0 Å². The maximum absolute atomic E-state index is 5.18. The van der Waals surface area contributed by atoms with Gasteiger partial charge in [0.05, 0.1) is 22.8 Å². The minimum atomic E-state index is 0.470. The van der Waals surface area contributed by atoms with Gasteiger partial charge in [-0.1, -0.05) is 18.2 Å². The van der Waals surface area contributed by atoms with Gasteiger partial charge in [-0.15, -0.1) is 0 Å². The standard InChI is InChI=1S/C22H20N6S/c1-13-19-20(14-6-8-29-9-7-14)25-21-17(12-24-28(21)22(19)27-26-13)16-10-15-4-2-3-5-18(15)23-11-16/h2-5,10-12,14H,6-9H2,1H3,(H,26,27). The van der Waals surface area contributed by atoms with Crippen LogP contribution >= 0.6 is 11.8 Å². The SMILES string of the molecule is Cc1[nH]nc2c1c(C1CCSCC1)nc1c(-c3cnc4ccccc4c3)cnn12. The number of H-pyrrole nitrogens is 1. The van der Waals surface area contributed by atoms with Crippen molar-refractivity contribution >= 4 is 39.3 Å². The summed E-state index contributed by atoms with van der Waals surface area (Å²) in [4.78, 5) is 9.81. The summed E-state index contributed by atoms with van der Waals surface area (Å²) >= 11 is 2.03. The molecule has 4 aromatic heterocycles. The summed E-state index contributed by atoms with van der Waals surface area (Å²) in [5, 5.41) is 14.6. The number of thioether (sulfide) groups is 1. The molecular formula is C22H20N6S. The van der Waals surface area contributed by atoms with E-state index >= 15 is 0 Å². The summed E-state index contributed by atoms with van der Waals surface area (Å²) in [5.74, 6) is 2.85. The minimum Gasteiger partial charge on any atom is -0.280 e. The number of para-hydroxylation sites is 1. The lowest BCUT2D eigenvalue weighted by molar-refractivity contribution is 0.624. The third kappa shape index (κ3) is 2.64. The van der Waals surface area contributed by atoms with Gasteiger partial charge in [0.15, 0.2) is 11.3 Å². The van der Waals surface area contributed by atoms with Gasteiger partial charge in [0.1, 0.15) is 0 Å². The molecule has 0 atom stereocenters. The fraction of sp³-hybridized carbons (Fsp3) is 0.273. The van der Waals surface area contributed by atoms with Crippen LogP contribution < -0.4 is 0 Å². The predicted octanol–water partition coefficient (Wildman–Crippen LogP) is 4.74. The molecule has 6 rings (SSSR count). The normalized spacial score (nSPS) is 15.6. The third-order valence-electron chi connectivity index (χ3n) is 5.86. The average molecular weight is 401 g/mol. The van der Waals surface area contributed by atoms with Gasteiger partial charge >= 0.3 is 0 Å². The molecule has 1 N–H and O–H groups in total. The monoisotopic (exact) mass is 400 g/mol. The highest BCUT2D eigenvalue weighted by Gasteiger charge is 2.25. The number of aromatic nitrogens is 6. The Hall–Kier alpha value is -2.93. The first-order valence-corrected chi connectivity index (χ1v) is 11.1. The van der Waals surface area contributed by atoms with Crippen molar-refractivity contribution in [2.24, 2.45) is 0 Å². The van der Waals surface area contributed by atoms with Gasteiger partial charge in [-0.05, 0) is 43.4 Å². The fourth-order valence-electron chi connectivity index (χ4n) is 4.34. The third-order valence-corrected chi connectivity index (χ3v) is 6.91. The molecule has 0 unspecified atom stereocenters. The van der Waals surface area contributed by atoms with E-state index in [0.29, 0.717) is 5.92 Å². The number of hydrogen-bond acceptors (Lipinski definition) is 5. The first-order valence-electron chi connectivity index (χ1n) is 9.95. The molecule has 5 aromatic rings. The van der Waals surface area contributed by atoms with Crippen LogP contribution in [0, 0.1) is 6.92 Å². The van der Waals surface area contributed by atoms with Crippen molar-refractivity contribution in [3.05, 3.63) is 54.1 Å². The number of nitrogens with one attached hydrogen (secondary N) is 1. The van der Waals surface area contributed by atoms with Crippen molar-refractivity contribution < 1.29 is 0 Å². The molecule has 1 aromatic carbocycles. The van der Waals surface area contributed by atoms with E-state index in [2.05, 4.69) is 39.3 Å². The van der Waals surface area contributed by atoms with E-state index in [1.807, 2.05) is 46.9 Å². The van der Waals surface area contributed by atoms with Crippen LogP contribution in [0.2, 0.25) is 0 Å². The van der Waals surface area contributed by atoms with Gasteiger partial charge in [-0.25, -0.2) is 4.98 Å². The highest BCUT2D eigenvalue weighted by Crippen LogP contribution is 2.37. The van der Waals surface area contributed by atoms with E-state index in [1.54, 1.807) is 0 Å². The van der Waals surface area contributed by atoms with Crippen molar-refractivity contribution in [3.8, 4) is 11.1 Å². The molecule has 0 bridgehead atoms. The van der Waals surface area contributed by atoms with Gasteiger partial charge in [0.2, 0.25) is 0 Å². The predicted molar refractivity (Wildman–Crippen MR) is 117 cm³/mol. The lowest BCUT2D eigenvalue weighted by Gasteiger charge is -2.21. The molecule has 1 aliphatic heterocycles. The lowest BCUT2D eigenvalue weighted by atomic mass is 9.95. The van der Waals surface area contributed by atoms with E-state index < -0.39 is 0 Å². The van der Waals surface area contributed by atoms with Crippen molar-refractivity contribution in [1.82, 2.24) is 29.8 Å². The Morgan fingerprint density at radius 1 is 1.10 bits per heavy atom. The maximum atomic E-state index is 5.18. The number of pyridine rings is 1. The van der Waals surface area contributed by atoms with Crippen LogP contribution in [0.25, 0.3) is 38.7 Å². The molecule has 5 heterocycles. The summed E-state index contributed by atoms with van der Waals surface area (Å²) in [6.45, 7) is 2.07. The Morgan fingerprint density at radius 3 is 2.86 bits per heavy atom. The van der Waals surface area contributed by atoms with Crippen LogP contribution in [0.15, 0.2) is 42.7 Å². The number of aromatic amines is 1. The van der Waals surface area contributed by atoms with Crippen LogP contribution in [0.3, 0.4) is 0 Å². The zero-order chi connectivity index (χ0) is 19.4. The van der Waals surface area contributed by atoms with Gasteiger partial charge in [0, 0.05) is 34.3 Å². The van der Waals surface area contributed by atoms with Gasteiger partial charge in [0.25, 0.3) is 0 Å². The number of hydrogen-bond donors (Lipinski definition) is 1. The largest absolute Gasteiger partial charge is 0.280 e. The summed E-state index contributed by atoms with van der Waals surface area (Å²) in [6.07, 6.45) is 6.12. The zero-order valence-corrected chi connectivity index (χ0v) is 16.9. The molecule has 0 spiro atoms. The lowest BCUT2D eigenvalue weighted by Crippen LogP contribution is -2.11. The average Bonchev–Trinajstić information content (AvgIpc) is 3.37. The van der Waals surface area contributed by atoms with Gasteiger partial charge in [-0.3, -0.25) is 10.1 Å². The van der Waals surface area contributed by atoms with Gasteiger partial charge < -0.3 is 0 Å². The Bertz CT molecular complexity index is 1360. The highest BCUT2D eigenvalue weighted by atomic mass is 32.2. The van der Waals surface area contributed by atoms with E-state index in [4.69, 9.17) is 4.98 Å². The number of aryl methyl sites for hydroxylation is 1. The second-order valence-corrected chi connectivity index (χ2v) is 8.87. The number of rotatable bonds is 2. The first kappa shape index (κ1) is 17.0. The van der Waals surface area contributed by atoms with Crippen molar-refractivity contribution in [1.29, 1.82) is 0 Å². The molecule has 29 heavy (non-hydrogen) atoms. The number of nitrogens with zero attached hydrogens (tertiary/aromatic N) is 5. The second-order valence-electron chi connectivity index (χ2n) is 7.64. The molecular weight excluding hydrogens is 380 g/mol. The van der Waals surface area contributed by atoms with E-state index in [-0.39, 0.29) is 0 Å². The number of benzene rings is 1. The zero-order valence-electron chi connectivity index (χ0n) is 16.1. The minimum absolute atomic E-state index is 0.470. The summed E-state index contributed by atoms with van der Waals surface area (Å²) in [7, 11) is 0. The molecule has 6 nitrogen and oxygen atoms in total. The van der Waals surface area contributed by atoms with Crippen molar-refractivity contribution in [2.75, 3.05) is 11.5 Å². The second kappa shape index (κ2) is 6.56. The Morgan fingerprint density at radius 2 is 1.97 bits per heavy atom. The quantitative estimate of drug-likeness (QED) is 0.463. The molecule has 0 amide bonds. The van der Waals surface area contributed by atoms with Gasteiger partial charge in [-0.2, -0.15) is 26.5 Å². The molecule has 0 saturated carbocycles. The summed E-state index contributed by atoms with van der Waals surface area (Å²) in [6, 6.07) is 10.3. The number of fused-ring (bicyclic) bond motifs is 4. The molecule has 1 fully saturated rings.